The monoisotopic (exact) mass is 287 g/mol. The summed E-state index contributed by atoms with van der Waals surface area (Å²) in [6.45, 7) is 2.32. The van der Waals surface area contributed by atoms with E-state index in [9.17, 15) is 9.18 Å². The van der Waals surface area contributed by atoms with Crippen molar-refractivity contribution in [3.8, 4) is 6.07 Å². The topological polar surface area (TPSA) is 78.1 Å². The van der Waals surface area contributed by atoms with Gasteiger partial charge in [-0.2, -0.15) is 5.26 Å². The highest BCUT2D eigenvalue weighted by Gasteiger charge is 2.12. The van der Waals surface area contributed by atoms with Crippen LogP contribution in [0.1, 0.15) is 27.3 Å². The van der Waals surface area contributed by atoms with Crippen LogP contribution in [0.15, 0.2) is 24.3 Å². The van der Waals surface area contributed by atoms with Crippen molar-refractivity contribution in [2.75, 3.05) is 5.32 Å². The highest BCUT2D eigenvalue weighted by atomic mass is 19.1. The molecule has 0 atom stereocenters. The third kappa shape index (κ3) is 2.87. The summed E-state index contributed by atoms with van der Waals surface area (Å²) in [7, 11) is 1.80. The first-order valence-electron chi connectivity index (χ1n) is 6.26. The maximum Gasteiger partial charge on any atom is 0.338 e. The number of rotatable bonds is 4. The maximum atomic E-state index is 13.3. The lowest BCUT2D eigenvalue weighted by atomic mass is 10.1. The van der Waals surface area contributed by atoms with Crippen LogP contribution in [0.5, 0.6) is 0 Å². The van der Waals surface area contributed by atoms with Crippen LogP contribution in [0.25, 0.3) is 0 Å². The zero-order chi connectivity index (χ0) is 15.6. The molecule has 2 N–H and O–H groups in total. The van der Waals surface area contributed by atoms with Gasteiger partial charge in [-0.25, -0.2) is 9.18 Å². The van der Waals surface area contributed by atoms with Gasteiger partial charge >= 0.3 is 5.97 Å². The average Bonchev–Trinajstić information content (AvgIpc) is 2.73. The Bertz CT molecular complexity index is 744. The highest BCUT2D eigenvalue weighted by Crippen LogP contribution is 2.18. The second-order valence-electron chi connectivity index (χ2n) is 4.66. The van der Waals surface area contributed by atoms with Gasteiger partial charge in [0, 0.05) is 25.0 Å². The van der Waals surface area contributed by atoms with E-state index in [0.717, 1.165) is 17.3 Å². The minimum absolute atomic E-state index is 0.373. The molecule has 5 nitrogen and oxygen atoms in total. The molecule has 6 heteroatoms. The van der Waals surface area contributed by atoms with Crippen LogP contribution in [0.2, 0.25) is 0 Å². The van der Waals surface area contributed by atoms with E-state index in [-0.39, 0.29) is 5.56 Å². The number of carboxylic acid groups (broad SMARTS) is 1. The second-order valence-corrected chi connectivity index (χ2v) is 4.66. The number of hydrogen-bond acceptors (Lipinski definition) is 3. The molecule has 0 aliphatic rings. The van der Waals surface area contributed by atoms with Gasteiger partial charge in [-0.1, -0.05) is 0 Å². The number of carbonyl (C=O) groups is 1. The Morgan fingerprint density at radius 3 is 2.76 bits per heavy atom. The van der Waals surface area contributed by atoms with Gasteiger partial charge < -0.3 is 15.0 Å². The van der Waals surface area contributed by atoms with Gasteiger partial charge in [0.1, 0.15) is 17.6 Å². The number of anilines is 1. The first kappa shape index (κ1) is 14.6. The fourth-order valence-corrected chi connectivity index (χ4v) is 2.05. The van der Waals surface area contributed by atoms with Crippen LogP contribution in [-0.2, 0) is 13.6 Å². The zero-order valence-corrected chi connectivity index (χ0v) is 11.6. The van der Waals surface area contributed by atoms with E-state index in [1.54, 1.807) is 17.7 Å². The van der Waals surface area contributed by atoms with Gasteiger partial charge in [0.05, 0.1) is 5.56 Å². The summed E-state index contributed by atoms with van der Waals surface area (Å²) in [5.41, 5.74) is 2.56. The average molecular weight is 287 g/mol. The summed E-state index contributed by atoms with van der Waals surface area (Å²) in [5, 5.41) is 20.9. The Kier molecular flexibility index (Phi) is 3.94. The molecule has 0 aliphatic carbocycles. The van der Waals surface area contributed by atoms with Crippen molar-refractivity contribution in [3.05, 3.63) is 52.6 Å². The van der Waals surface area contributed by atoms with Crippen LogP contribution >= 0.6 is 0 Å². The second kappa shape index (κ2) is 5.67. The zero-order valence-electron chi connectivity index (χ0n) is 11.6. The Morgan fingerprint density at radius 2 is 2.19 bits per heavy atom. The number of aromatic carboxylic acids is 1. The molecule has 0 spiro atoms. The molecule has 2 rings (SSSR count). The Hall–Kier alpha value is -2.81. The molecule has 0 aliphatic heterocycles. The molecule has 1 aromatic carbocycles. The molecule has 0 bridgehead atoms. The van der Waals surface area contributed by atoms with E-state index in [1.165, 1.54) is 12.1 Å². The number of hydrogen-bond donors (Lipinski definition) is 2. The van der Waals surface area contributed by atoms with Crippen LogP contribution in [0.3, 0.4) is 0 Å². The van der Waals surface area contributed by atoms with Crippen LogP contribution < -0.4 is 5.32 Å². The lowest BCUT2D eigenvalue weighted by Gasteiger charge is -2.08. The van der Waals surface area contributed by atoms with Gasteiger partial charge in [0.2, 0.25) is 0 Å². The maximum absolute atomic E-state index is 13.3. The van der Waals surface area contributed by atoms with Crippen LogP contribution in [0.4, 0.5) is 10.1 Å². The Labute approximate surface area is 121 Å². The number of nitrogens with zero attached hydrogens (tertiary/aromatic N) is 2. The quantitative estimate of drug-likeness (QED) is 0.906. The molecule has 0 amide bonds. The summed E-state index contributed by atoms with van der Waals surface area (Å²) in [4.78, 5) is 10.9. The van der Waals surface area contributed by atoms with Crippen molar-refractivity contribution < 1.29 is 14.3 Å². The fraction of sp³-hybridized carbons (Fsp3) is 0.200. The predicted octanol–water partition coefficient (Wildman–Crippen LogP) is 2.65. The number of aromatic nitrogens is 1. The third-order valence-electron chi connectivity index (χ3n) is 3.43. The smallest absolute Gasteiger partial charge is 0.338 e. The van der Waals surface area contributed by atoms with Crippen molar-refractivity contribution >= 4 is 11.7 Å². The summed E-state index contributed by atoms with van der Waals surface area (Å²) in [6, 6.07) is 7.71. The molecule has 21 heavy (non-hydrogen) atoms. The first-order chi connectivity index (χ1) is 9.93. The molecular weight excluding hydrogens is 273 g/mol. The van der Waals surface area contributed by atoms with Gasteiger partial charge in [0.15, 0.2) is 0 Å². The molecule has 0 unspecified atom stereocenters. The van der Waals surface area contributed by atoms with Gasteiger partial charge in [0.25, 0.3) is 0 Å². The number of carboxylic acids is 1. The van der Waals surface area contributed by atoms with E-state index in [2.05, 4.69) is 11.4 Å². The molecule has 1 aromatic heterocycles. The minimum Gasteiger partial charge on any atom is -0.478 e. The standard InChI is InChI=1S/C15H14FN3O2/c1-9-10(5-12(7-17)19(9)2)8-18-11-3-4-14(16)13(6-11)15(20)21/h3-6,18H,8H2,1-2H3,(H,20,21). The van der Waals surface area contributed by atoms with Gasteiger partial charge in [-0.3, -0.25) is 0 Å². The Balaban J connectivity index is 2.19. The predicted molar refractivity (Wildman–Crippen MR) is 75.6 cm³/mol. The van der Waals surface area contributed by atoms with Crippen molar-refractivity contribution in [3.63, 3.8) is 0 Å². The molecule has 108 valence electrons. The van der Waals surface area contributed by atoms with E-state index in [1.807, 2.05) is 6.92 Å². The number of halogens is 1. The first-order valence-corrected chi connectivity index (χ1v) is 6.26. The highest BCUT2D eigenvalue weighted by molar-refractivity contribution is 5.89. The molecule has 2 aromatic rings. The number of nitriles is 1. The SMILES string of the molecule is Cc1c(CNc2ccc(F)c(C(=O)O)c2)cc(C#N)n1C. The van der Waals surface area contributed by atoms with Crippen LogP contribution in [-0.4, -0.2) is 15.6 Å². The summed E-state index contributed by atoms with van der Waals surface area (Å²) in [6.07, 6.45) is 0. The van der Waals surface area contributed by atoms with Crippen LogP contribution in [0, 0.1) is 24.1 Å². The third-order valence-corrected chi connectivity index (χ3v) is 3.43. The molecule has 1 heterocycles. The lowest BCUT2D eigenvalue weighted by Crippen LogP contribution is -2.05. The van der Waals surface area contributed by atoms with Gasteiger partial charge in [-0.05, 0) is 36.8 Å². The van der Waals surface area contributed by atoms with Crippen molar-refractivity contribution in [1.82, 2.24) is 4.57 Å². The fourth-order valence-electron chi connectivity index (χ4n) is 2.05. The van der Waals surface area contributed by atoms with Crippen molar-refractivity contribution in [2.45, 2.75) is 13.5 Å². The summed E-state index contributed by atoms with van der Waals surface area (Å²) >= 11 is 0. The largest absolute Gasteiger partial charge is 0.478 e. The number of nitrogens with one attached hydrogen (secondary N) is 1. The summed E-state index contributed by atoms with van der Waals surface area (Å²) < 4.78 is 15.1. The molecule has 0 saturated carbocycles. The van der Waals surface area contributed by atoms with E-state index in [4.69, 9.17) is 10.4 Å². The summed E-state index contributed by atoms with van der Waals surface area (Å²) in [5.74, 6) is -2.07. The minimum atomic E-state index is -1.31. The molecule has 0 fully saturated rings. The van der Waals surface area contributed by atoms with Crippen molar-refractivity contribution in [1.29, 1.82) is 5.26 Å². The molecule has 0 radical (unpaired) electrons. The van der Waals surface area contributed by atoms with Gasteiger partial charge in [-0.15, -0.1) is 0 Å². The number of benzene rings is 1. The van der Waals surface area contributed by atoms with E-state index < -0.39 is 11.8 Å². The molecular formula is C15H14FN3O2. The van der Waals surface area contributed by atoms with Crippen molar-refractivity contribution in [2.24, 2.45) is 7.05 Å². The Morgan fingerprint density at radius 1 is 1.48 bits per heavy atom. The molecule has 0 saturated heterocycles. The normalized spacial score (nSPS) is 10.2. The lowest BCUT2D eigenvalue weighted by molar-refractivity contribution is 0.0692. The van der Waals surface area contributed by atoms with E-state index in [0.29, 0.717) is 17.9 Å². The van der Waals surface area contributed by atoms with E-state index >= 15 is 0 Å².